The number of hydrogen-bond donors (Lipinski definition) is 1. The van der Waals surface area contributed by atoms with Crippen molar-refractivity contribution in [3.8, 4) is 0 Å². The van der Waals surface area contributed by atoms with E-state index in [1.54, 1.807) is 24.3 Å². The van der Waals surface area contributed by atoms with Crippen LogP contribution in [0.2, 0.25) is 5.02 Å². The van der Waals surface area contributed by atoms with Crippen molar-refractivity contribution >= 4 is 46.5 Å². The Labute approximate surface area is 144 Å². The molecule has 0 heterocycles. The van der Waals surface area contributed by atoms with E-state index in [2.05, 4.69) is 0 Å². The number of benzene rings is 2. The molecule has 0 bridgehead atoms. The summed E-state index contributed by atoms with van der Waals surface area (Å²) in [5.74, 6) is 0. The average molecular weight is 365 g/mol. The zero-order chi connectivity index (χ0) is 18.7. The van der Waals surface area contributed by atoms with E-state index in [-0.39, 0.29) is 0 Å². The molecule has 0 saturated carbocycles. The molecule has 0 radical (unpaired) electrons. The lowest BCUT2D eigenvalue weighted by Gasteiger charge is -2.04. The summed E-state index contributed by atoms with van der Waals surface area (Å²) >= 11 is 5.96. The maximum atomic E-state index is 11.3. The van der Waals surface area contributed by atoms with Crippen molar-refractivity contribution in [1.29, 1.82) is 0 Å². The van der Waals surface area contributed by atoms with Crippen molar-refractivity contribution in [2.45, 2.75) is 0 Å². The molecule has 10 nitrogen and oxygen atoms in total. The molecular weight excluding hydrogens is 356 g/mol. The summed E-state index contributed by atoms with van der Waals surface area (Å²) in [6, 6.07) is 7.06. The van der Waals surface area contributed by atoms with E-state index >= 15 is 0 Å². The molecule has 2 aromatic carbocycles. The topological polar surface area (TPSA) is 155 Å². The third kappa shape index (κ3) is 3.53. The summed E-state index contributed by atoms with van der Waals surface area (Å²) in [5.41, 5.74) is 2.08. The van der Waals surface area contributed by atoms with Crippen molar-refractivity contribution in [3.63, 3.8) is 0 Å². The van der Waals surface area contributed by atoms with Gasteiger partial charge in [0, 0.05) is 5.02 Å². The Balaban J connectivity index is 2.77. The molecule has 0 aliphatic heterocycles. The van der Waals surface area contributed by atoms with Gasteiger partial charge in [-0.1, -0.05) is 35.9 Å². The molecular formula is C14H9ClN4O6. The highest BCUT2D eigenvalue weighted by molar-refractivity contribution is 6.32. The average Bonchev–Trinajstić information content (AvgIpc) is 2.52. The lowest BCUT2D eigenvalue weighted by molar-refractivity contribution is -0.402. The highest BCUT2D eigenvalue weighted by atomic mass is 35.5. The molecule has 0 amide bonds. The molecule has 0 spiro atoms. The van der Waals surface area contributed by atoms with Crippen LogP contribution in [0.25, 0.3) is 12.2 Å². The summed E-state index contributed by atoms with van der Waals surface area (Å²) in [7, 11) is 0. The summed E-state index contributed by atoms with van der Waals surface area (Å²) in [4.78, 5) is 30.5. The van der Waals surface area contributed by atoms with E-state index in [1.165, 1.54) is 6.08 Å². The fraction of sp³-hybridized carbons (Fsp3) is 0. The second-order valence-corrected chi connectivity index (χ2v) is 5.12. The minimum absolute atomic E-state index is 0.318. The Morgan fingerprint density at radius 2 is 1.52 bits per heavy atom. The number of nitrogens with two attached hydrogens (primary N) is 1. The molecule has 11 heteroatoms. The molecule has 0 unspecified atom stereocenters. The molecule has 25 heavy (non-hydrogen) atoms. The fourth-order valence-electron chi connectivity index (χ4n) is 2.12. The van der Waals surface area contributed by atoms with Gasteiger partial charge < -0.3 is 5.73 Å². The molecule has 2 rings (SSSR count). The highest BCUT2D eigenvalue weighted by Gasteiger charge is 2.34. The van der Waals surface area contributed by atoms with Gasteiger partial charge in [-0.25, -0.2) is 0 Å². The van der Waals surface area contributed by atoms with Crippen LogP contribution in [0.4, 0.5) is 22.7 Å². The molecule has 0 aromatic heterocycles. The van der Waals surface area contributed by atoms with Gasteiger partial charge in [-0.15, -0.1) is 0 Å². The first-order chi connectivity index (χ1) is 11.7. The number of halogens is 1. The number of nitrogen functional groups attached to an aromatic ring is 1. The number of rotatable bonds is 5. The van der Waals surface area contributed by atoms with Gasteiger partial charge in [0.05, 0.1) is 20.8 Å². The molecule has 0 saturated heterocycles. The Hall–Kier alpha value is -3.53. The normalized spacial score (nSPS) is 10.8. The van der Waals surface area contributed by atoms with E-state index in [4.69, 9.17) is 17.3 Å². The minimum atomic E-state index is -1.02. The van der Waals surface area contributed by atoms with Crippen LogP contribution in [0.1, 0.15) is 11.1 Å². The Bertz CT molecular complexity index is 928. The Morgan fingerprint density at radius 3 is 2.04 bits per heavy atom. The minimum Gasteiger partial charge on any atom is -0.387 e. The summed E-state index contributed by atoms with van der Waals surface area (Å²) < 4.78 is 0. The van der Waals surface area contributed by atoms with Crippen LogP contribution < -0.4 is 5.73 Å². The van der Waals surface area contributed by atoms with Crippen LogP contribution in [0.15, 0.2) is 30.3 Å². The van der Waals surface area contributed by atoms with Crippen molar-refractivity contribution < 1.29 is 14.8 Å². The van der Waals surface area contributed by atoms with Crippen molar-refractivity contribution in [2.75, 3.05) is 5.73 Å². The molecule has 0 aliphatic carbocycles. The Kier molecular flexibility index (Phi) is 4.94. The summed E-state index contributed by atoms with van der Waals surface area (Å²) in [5, 5.41) is 33.8. The fourth-order valence-corrected chi connectivity index (χ4v) is 2.32. The largest absolute Gasteiger partial charge is 0.387 e. The molecule has 128 valence electrons. The number of anilines is 1. The van der Waals surface area contributed by atoms with Crippen molar-refractivity contribution in [3.05, 3.63) is 76.8 Å². The smallest absolute Gasteiger partial charge is 0.313 e. The summed E-state index contributed by atoms with van der Waals surface area (Å²) in [6.45, 7) is 0. The van der Waals surface area contributed by atoms with Crippen molar-refractivity contribution in [2.24, 2.45) is 0 Å². The second kappa shape index (κ2) is 6.93. The first-order valence-corrected chi connectivity index (χ1v) is 6.94. The van der Waals surface area contributed by atoms with E-state index in [0.29, 0.717) is 16.7 Å². The quantitative estimate of drug-likeness (QED) is 0.365. The van der Waals surface area contributed by atoms with Crippen LogP contribution in [-0.4, -0.2) is 14.8 Å². The number of hydrogen-bond acceptors (Lipinski definition) is 7. The third-order valence-electron chi connectivity index (χ3n) is 3.25. The second-order valence-electron chi connectivity index (χ2n) is 4.72. The molecule has 0 fully saturated rings. The lowest BCUT2D eigenvalue weighted by atomic mass is 10.1. The van der Waals surface area contributed by atoms with Crippen LogP contribution in [-0.2, 0) is 0 Å². The predicted molar refractivity (Wildman–Crippen MR) is 91.2 cm³/mol. The molecule has 2 N–H and O–H groups in total. The Morgan fingerprint density at radius 1 is 0.920 bits per heavy atom. The van der Waals surface area contributed by atoms with E-state index in [1.807, 2.05) is 0 Å². The van der Waals surface area contributed by atoms with Crippen molar-refractivity contribution in [1.82, 2.24) is 0 Å². The van der Waals surface area contributed by atoms with Gasteiger partial charge in [0.25, 0.3) is 5.69 Å². The third-order valence-corrected chi connectivity index (χ3v) is 3.59. The lowest BCUT2D eigenvalue weighted by Crippen LogP contribution is -2.05. The van der Waals surface area contributed by atoms with E-state index in [9.17, 15) is 30.3 Å². The number of nitro groups is 3. The van der Waals surface area contributed by atoms with Gasteiger partial charge in [0.15, 0.2) is 5.69 Å². The van der Waals surface area contributed by atoms with Crippen LogP contribution >= 0.6 is 11.6 Å². The molecule has 0 aliphatic rings. The van der Waals surface area contributed by atoms with Gasteiger partial charge in [0.2, 0.25) is 0 Å². The predicted octanol–water partition coefficient (Wildman–Crippen LogP) is 3.82. The summed E-state index contributed by atoms with van der Waals surface area (Å²) in [6.07, 6.45) is 2.40. The zero-order valence-corrected chi connectivity index (χ0v) is 13.0. The van der Waals surface area contributed by atoms with Crippen LogP contribution in [0, 0.1) is 30.3 Å². The van der Waals surface area contributed by atoms with Crippen LogP contribution in [0.5, 0.6) is 0 Å². The SMILES string of the molecule is Nc1c([N+](=O)[O-])cc([N+](=O)[O-])c(C=Cc2ccccc2Cl)c1[N+](=O)[O-]. The first-order valence-electron chi connectivity index (χ1n) is 6.56. The van der Waals surface area contributed by atoms with Gasteiger partial charge >= 0.3 is 11.4 Å². The maximum Gasteiger partial charge on any atom is 0.313 e. The highest BCUT2D eigenvalue weighted by Crippen LogP contribution is 2.41. The maximum absolute atomic E-state index is 11.3. The van der Waals surface area contributed by atoms with Crippen LogP contribution in [0.3, 0.4) is 0 Å². The van der Waals surface area contributed by atoms with E-state index < -0.39 is 43.1 Å². The van der Waals surface area contributed by atoms with Gasteiger partial charge in [-0.3, -0.25) is 30.3 Å². The molecule has 2 aromatic rings. The standard InChI is InChI=1S/C14H9ClN4O6/c15-10-4-2-1-3-8(10)5-6-9-11(17(20)21)7-12(18(22)23)13(16)14(9)19(24)25/h1-7H,16H2. The number of nitrogens with zero attached hydrogens (tertiary/aromatic N) is 3. The first kappa shape index (κ1) is 17.8. The zero-order valence-electron chi connectivity index (χ0n) is 12.3. The van der Waals surface area contributed by atoms with Gasteiger partial charge in [0.1, 0.15) is 5.56 Å². The van der Waals surface area contributed by atoms with Gasteiger partial charge in [-0.2, -0.15) is 0 Å². The monoisotopic (exact) mass is 364 g/mol. The number of nitro benzene ring substituents is 3. The molecule has 0 atom stereocenters. The van der Waals surface area contributed by atoms with Gasteiger partial charge in [-0.05, 0) is 17.7 Å². The van der Waals surface area contributed by atoms with E-state index in [0.717, 1.165) is 6.08 Å².